The minimum Gasteiger partial charge on any atom is -0.352 e. The Morgan fingerprint density at radius 2 is 1.96 bits per heavy atom. The van der Waals surface area contributed by atoms with Crippen molar-refractivity contribution < 1.29 is 4.79 Å². The van der Waals surface area contributed by atoms with Crippen LogP contribution in [0.5, 0.6) is 0 Å². The van der Waals surface area contributed by atoms with Gasteiger partial charge in [-0.3, -0.25) is 9.78 Å². The third-order valence-corrected chi connectivity index (χ3v) is 5.00. The van der Waals surface area contributed by atoms with Crippen molar-refractivity contribution in [1.29, 1.82) is 0 Å². The van der Waals surface area contributed by atoms with Crippen molar-refractivity contribution in [3.63, 3.8) is 0 Å². The summed E-state index contributed by atoms with van der Waals surface area (Å²) in [7, 11) is 0. The van der Waals surface area contributed by atoms with E-state index in [0.717, 1.165) is 29.4 Å². The molecule has 1 saturated heterocycles. The molecule has 2 unspecified atom stereocenters. The SMILES string of the molecule is O=C(NCc1cccc2cnccc12)C1CNCC1c1ccccc1. The molecule has 1 fully saturated rings. The lowest BCUT2D eigenvalue weighted by atomic mass is 9.88. The van der Waals surface area contributed by atoms with E-state index in [1.807, 2.05) is 42.6 Å². The lowest BCUT2D eigenvalue weighted by molar-refractivity contribution is -0.125. The lowest BCUT2D eigenvalue weighted by Gasteiger charge is -2.19. The first-order valence-corrected chi connectivity index (χ1v) is 8.68. The second-order valence-electron chi connectivity index (χ2n) is 6.51. The summed E-state index contributed by atoms with van der Waals surface area (Å²) in [5.74, 6) is 0.321. The molecule has 4 nitrogen and oxygen atoms in total. The fraction of sp³-hybridized carbons (Fsp3) is 0.238. The van der Waals surface area contributed by atoms with E-state index >= 15 is 0 Å². The van der Waals surface area contributed by atoms with Gasteiger partial charge >= 0.3 is 0 Å². The van der Waals surface area contributed by atoms with Crippen LogP contribution in [0.3, 0.4) is 0 Å². The van der Waals surface area contributed by atoms with Gasteiger partial charge in [0.25, 0.3) is 0 Å². The monoisotopic (exact) mass is 331 g/mol. The van der Waals surface area contributed by atoms with Crippen LogP contribution >= 0.6 is 0 Å². The van der Waals surface area contributed by atoms with Gasteiger partial charge in [0.15, 0.2) is 0 Å². The number of carbonyl (C=O) groups is 1. The van der Waals surface area contributed by atoms with E-state index in [9.17, 15) is 4.79 Å². The number of hydrogen-bond donors (Lipinski definition) is 2. The predicted octanol–water partition coefficient (Wildman–Crippen LogP) is 2.85. The average Bonchev–Trinajstić information content (AvgIpc) is 3.17. The fourth-order valence-electron chi connectivity index (χ4n) is 3.66. The first-order valence-electron chi connectivity index (χ1n) is 8.68. The fourth-order valence-corrected chi connectivity index (χ4v) is 3.66. The molecule has 1 aliphatic rings. The number of fused-ring (bicyclic) bond motifs is 1. The van der Waals surface area contributed by atoms with Crippen molar-refractivity contribution >= 4 is 16.7 Å². The summed E-state index contributed by atoms with van der Waals surface area (Å²) >= 11 is 0. The number of amides is 1. The Balaban J connectivity index is 1.48. The summed E-state index contributed by atoms with van der Waals surface area (Å²) < 4.78 is 0. The zero-order valence-corrected chi connectivity index (χ0v) is 14.0. The number of nitrogens with one attached hydrogen (secondary N) is 2. The van der Waals surface area contributed by atoms with Gasteiger partial charge in [-0.1, -0.05) is 48.5 Å². The molecule has 0 saturated carbocycles. The highest BCUT2D eigenvalue weighted by molar-refractivity contribution is 5.86. The molecule has 126 valence electrons. The molecule has 1 aliphatic heterocycles. The van der Waals surface area contributed by atoms with E-state index in [2.05, 4.69) is 33.8 Å². The first kappa shape index (κ1) is 15.8. The van der Waals surface area contributed by atoms with Crippen molar-refractivity contribution in [2.24, 2.45) is 5.92 Å². The summed E-state index contributed by atoms with van der Waals surface area (Å²) in [4.78, 5) is 16.9. The summed E-state index contributed by atoms with van der Waals surface area (Å²) in [6.45, 7) is 2.12. The van der Waals surface area contributed by atoms with Crippen molar-refractivity contribution in [1.82, 2.24) is 15.6 Å². The molecule has 2 atom stereocenters. The molecular weight excluding hydrogens is 310 g/mol. The van der Waals surface area contributed by atoms with Crippen LogP contribution in [0.4, 0.5) is 0 Å². The predicted molar refractivity (Wildman–Crippen MR) is 99.1 cm³/mol. The highest BCUT2D eigenvalue weighted by Crippen LogP contribution is 2.28. The van der Waals surface area contributed by atoms with E-state index in [1.165, 1.54) is 5.56 Å². The van der Waals surface area contributed by atoms with E-state index in [1.54, 1.807) is 6.20 Å². The summed E-state index contributed by atoms with van der Waals surface area (Å²) in [6, 6.07) is 18.4. The van der Waals surface area contributed by atoms with Crippen LogP contribution in [0.2, 0.25) is 0 Å². The van der Waals surface area contributed by atoms with Crippen LogP contribution in [-0.2, 0) is 11.3 Å². The zero-order chi connectivity index (χ0) is 17.1. The van der Waals surface area contributed by atoms with Gasteiger partial charge in [0.05, 0.1) is 5.92 Å². The summed E-state index contributed by atoms with van der Waals surface area (Å²) in [5.41, 5.74) is 2.35. The van der Waals surface area contributed by atoms with Crippen molar-refractivity contribution in [3.8, 4) is 0 Å². The van der Waals surface area contributed by atoms with E-state index in [-0.39, 0.29) is 17.7 Å². The van der Waals surface area contributed by atoms with Crippen LogP contribution in [0.25, 0.3) is 10.8 Å². The molecule has 1 aromatic heterocycles. The van der Waals surface area contributed by atoms with Crippen LogP contribution in [0.15, 0.2) is 67.0 Å². The number of benzene rings is 2. The molecule has 2 heterocycles. The third kappa shape index (κ3) is 3.26. The number of pyridine rings is 1. The molecule has 0 aliphatic carbocycles. The van der Waals surface area contributed by atoms with Gasteiger partial charge in [-0.25, -0.2) is 0 Å². The lowest BCUT2D eigenvalue weighted by Crippen LogP contribution is -2.34. The van der Waals surface area contributed by atoms with Crippen molar-refractivity contribution in [2.45, 2.75) is 12.5 Å². The van der Waals surface area contributed by atoms with Gasteiger partial charge in [0.1, 0.15) is 0 Å². The first-order chi connectivity index (χ1) is 12.3. The molecular formula is C21H21N3O. The van der Waals surface area contributed by atoms with Crippen LogP contribution in [0.1, 0.15) is 17.0 Å². The quantitative estimate of drug-likeness (QED) is 0.773. The Hall–Kier alpha value is -2.72. The average molecular weight is 331 g/mol. The van der Waals surface area contributed by atoms with E-state index < -0.39 is 0 Å². The Morgan fingerprint density at radius 3 is 2.84 bits per heavy atom. The topological polar surface area (TPSA) is 54.0 Å². The van der Waals surface area contributed by atoms with Crippen LogP contribution in [0, 0.1) is 5.92 Å². The molecule has 3 aromatic rings. The highest BCUT2D eigenvalue weighted by atomic mass is 16.1. The highest BCUT2D eigenvalue weighted by Gasteiger charge is 2.33. The molecule has 4 rings (SSSR count). The molecule has 4 heteroatoms. The maximum Gasteiger partial charge on any atom is 0.225 e. The molecule has 0 spiro atoms. The minimum absolute atomic E-state index is 0.0287. The number of nitrogens with zero attached hydrogens (tertiary/aromatic N) is 1. The third-order valence-electron chi connectivity index (χ3n) is 5.00. The smallest absolute Gasteiger partial charge is 0.225 e. The van der Waals surface area contributed by atoms with Crippen LogP contribution in [-0.4, -0.2) is 24.0 Å². The molecule has 25 heavy (non-hydrogen) atoms. The Labute approximate surface area is 147 Å². The Morgan fingerprint density at radius 1 is 1.08 bits per heavy atom. The minimum atomic E-state index is -0.0287. The number of carbonyl (C=O) groups excluding carboxylic acids is 1. The van der Waals surface area contributed by atoms with Gasteiger partial charge in [0.2, 0.25) is 5.91 Å². The van der Waals surface area contributed by atoms with Gasteiger partial charge in [-0.15, -0.1) is 0 Å². The Bertz CT molecular complexity index is 873. The second-order valence-corrected chi connectivity index (χ2v) is 6.51. The number of rotatable bonds is 4. The summed E-state index contributed by atoms with van der Waals surface area (Å²) in [6.07, 6.45) is 3.65. The van der Waals surface area contributed by atoms with E-state index in [4.69, 9.17) is 0 Å². The van der Waals surface area contributed by atoms with Crippen molar-refractivity contribution in [3.05, 3.63) is 78.1 Å². The molecule has 2 N–H and O–H groups in total. The van der Waals surface area contributed by atoms with E-state index in [0.29, 0.717) is 6.54 Å². The van der Waals surface area contributed by atoms with Gasteiger partial charge in [-0.05, 0) is 22.6 Å². The normalized spacial score (nSPS) is 19.8. The molecule has 0 bridgehead atoms. The molecule has 2 aromatic carbocycles. The van der Waals surface area contributed by atoms with Gasteiger partial charge in [0, 0.05) is 43.3 Å². The van der Waals surface area contributed by atoms with Gasteiger partial charge in [-0.2, -0.15) is 0 Å². The van der Waals surface area contributed by atoms with Gasteiger partial charge < -0.3 is 10.6 Å². The summed E-state index contributed by atoms with van der Waals surface area (Å²) in [5, 5.41) is 8.73. The maximum absolute atomic E-state index is 12.8. The molecule has 0 radical (unpaired) electrons. The standard InChI is InChI=1S/C21H21N3O/c25-21(20-14-23-13-19(20)15-5-2-1-3-6-15)24-12-17-8-4-7-16-11-22-10-9-18(16)17/h1-11,19-20,23H,12-14H2,(H,24,25). The number of hydrogen-bond acceptors (Lipinski definition) is 3. The zero-order valence-electron chi connectivity index (χ0n) is 14.0. The largest absolute Gasteiger partial charge is 0.352 e. The Kier molecular flexibility index (Phi) is 4.44. The maximum atomic E-state index is 12.8. The van der Waals surface area contributed by atoms with Crippen molar-refractivity contribution in [2.75, 3.05) is 13.1 Å². The number of aromatic nitrogens is 1. The van der Waals surface area contributed by atoms with Crippen LogP contribution < -0.4 is 10.6 Å². The second kappa shape index (κ2) is 7.03. The molecule has 1 amide bonds.